The molecule has 80 valence electrons. The molecule has 0 bridgehead atoms. The third kappa shape index (κ3) is 3.08. The zero-order valence-corrected chi connectivity index (χ0v) is 9.12. The lowest BCUT2D eigenvalue weighted by molar-refractivity contribution is 0.271. The van der Waals surface area contributed by atoms with Crippen molar-refractivity contribution >= 4 is 17.4 Å². The second-order valence-corrected chi connectivity index (χ2v) is 3.48. The SMILES string of the molecule is CC[C@@H](CO)Nc1ccc(Cl)c(C#N)n1. The van der Waals surface area contributed by atoms with Gasteiger partial charge >= 0.3 is 0 Å². The topological polar surface area (TPSA) is 68.9 Å². The highest BCUT2D eigenvalue weighted by Crippen LogP contribution is 2.16. The lowest BCUT2D eigenvalue weighted by Crippen LogP contribution is -2.23. The van der Waals surface area contributed by atoms with Gasteiger partial charge in [0.15, 0.2) is 5.69 Å². The van der Waals surface area contributed by atoms with Gasteiger partial charge in [-0.15, -0.1) is 0 Å². The molecule has 1 rings (SSSR count). The molecule has 0 spiro atoms. The van der Waals surface area contributed by atoms with E-state index in [-0.39, 0.29) is 18.3 Å². The van der Waals surface area contributed by atoms with Gasteiger partial charge in [0.2, 0.25) is 0 Å². The molecule has 2 N–H and O–H groups in total. The van der Waals surface area contributed by atoms with Gasteiger partial charge in [-0.05, 0) is 18.6 Å². The summed E-state index contributed by atoms with van der Waals surface area (Å²) in [5, 5.41) is 21.0. The zero-order chi connectivity index (χ0) is 11.3. The van der Waals surface area contributed by atoms with Crippen LogP contribution in [0.5, 0.6) is 0 Å². The molecule has 0 aliphatic carbocycles. The Hall–Kier alpha value is -1.31. The summed E-state index contributed by atoms with van der Waals surface area (Å²) in [6.07, 6.45) is 0.780. The summed E-state index contributed by atoms with van der Waals surface area (Å²) in [6.45, 7) is 1.98. The maximum Gasteiger partial charge on any atom is 0.161 e. The number of nitrogens with one attached hydrogen (secondary N) is 1. The van der Waals surface area contributed by atoms with E-state index in [0.717, 1.165) is 6.42 Å². The summed E-state index contributed by atoms with van der Waals surface area (Å²) in [7, 11) is 0. The van der Waals surface area contributed by atoms with E-state index >= 15 is 0 Å². The first-order valence-corrected chi connectivity index (χ1v) is 5.03. The number of pyridine rings is 1. The number of aliphatic hydroxyl groups is 1. The molecule has 0 aliphatic heterocycles. The second-order valence-electron chi connectivity index (χ2n) is 3.07. The summed E-state index contributed by atoms with van der Waals surface area (Å²) >= 11 is 5.74. The molecule has 1 heterocycles. The summed E-state index contributed by atoms with van der Waals surface area (Å²) < 4.78 is 0. The van der Waals surface area contributed by atoms with Crippen molar-refractivity contribution in [3.63, 3.8) is 0 Å². The maximum atomic E-state index is 8.99. The summed E-state index contributed by atoms with van der Waals surface area (Å²) in [5.41, 5.74) is 0.189. The Bertz CT molecular complexity index is 371. The highest BCUT2D eigenvalue weighted by Gasteiger charge is 2.07. The van der Waals surface area contributed by atoms with Gasteiger partial charge in [-0.1, -0.05) is 18.5 Å². The Labute approximate surface area is 93.5 Å². The van der Waals surface area contributed by atoms with Crippen molar-refractivity contribution in [2.75, 3.05) is 11.9 Å². The maximum absolute atomic E-state index is 8.99. The number of nitriles is 1. The fourth-order valence-corrected chi connectivity index (χ4v) is 1.23. The molecule has 0 aliphatic rings. The van der Waals surface area contributed by atoms with E-state index in [1.54, 1.807) is 12.1 Å². The van der Waals surface area contributed by atoms with Gasteiger partial charge in [-0.2, -0.15) is 5.26 Å². The first-order chi connectivity index (χ1) is 7.21. The van der Waals surface area contributed by atoms with Crippen LogP contribution in [-0.4, -0.2) is 22.7 Å². The van der Waals surface area contributed by atoms with Crippen molar-refractivity contribution in [1.82, 2.24) is 4.98 Å². The van der Waals surface area contributed by atoms with Gasteiger partial charge in [0.05, 0.1) is 17.7 Å². The van der Waals surface area contributed by atoms with Crippen LogP contribution in [0.2, 0.25) is 5.02 Å². The first kappa shape index (κ1) is 11.8. The molecular weight excluding hydrogens is 214 g/mol. The molecule has 0 fully saturated rings. The molecule has 1 aromatic rings. The lowest BCUT2D eigenvalue weighted by Gasteiger charge is -2.14. The number of rotatable bonds is 4. The van der Waals surface area contributed by atoms with E-state index in [2.05, 4.69) is 10.3 Å². The van der Waals surface area contributed by atoms with E-state index in [1.807, 2.05) is 13.0 Å². The van der Waals surface area contributed by atoms with Crippen LogP contribution in [0.4, 0.5) is 5.82 Å². The molecule has 0 unspecified atom stereocenters. The van der Waals surface area contributed by atoms with Crippen molar-refractivity contribution < 1.29 is 5.11 Å². The van der Waals surface area contributed by atoms with Gasteiger partial charge in [-0.25, -0.2) is 4.98 Å². The van der Waals surface area contributed by atoms with Crippen molar-refractivity contribution in [3.8, 4) is 6.07 Å². The fourth-order valence-electron chi connectivity index (χ4n) is 1.09. The molecule has 0 radical (unpaired) electrons. The Kier molecular flexibility index (Phi) is 4.35. The van der Waals surface area contributed by atoms with Gasteiger partial charge in [0.25, 0.3) is 0 Å². The van der Waals surface area contributed by atoms with E-state index in [4.69, 9.17) is 22.0 Å². The highest BCUT2D eigenvalue weighted by molar-refractivity contribution is 6.31. The molecule has 15 heavy (non-hydrogen) atoms. The lowest BCUT2D eigenvalue weighted by atomic mass is 10.2. The first-order valence-electron chi connectivity index (χ1n) is 4.65. The third-order valence-corrected chi connectivity index (χ3v) is 2.32. The smallest absolute Gasteiger partial charge is 0.161 e. The molecule has 1 aromatic heterocycles. The van der Waals surface area contributed by atoms with Crippen molar-refractivity contribution in [2.24, 2.45) is 0 Å². The number of hydrogen-bond acceptors (Lipinski definition) is 4. The Morgan fingerprint density at radius 3 is 2.93 bits per heavy atom. The molecule has 5 heteroatoms. The summed E-state index contributed by atoms with van der Waals surface area (Å²) in [5.74, 6) is 0.553. The van der Waals surface area contributed by atoms with E-state index in [9.17, 15) is 0 Å². The molecule has 4 nitrogen and oxygen atoms in total. The predicted molar refractivity (Wildman–Crippen MR) is 58.7 cm³/mol. The Morgan fingerprint density at radius 2 is 2.40 bits per heavy atom. The second kappa shape index (κ2) is 5.54. The monoisotopic (exact) mass is 225 g/mol. The minimum atomic E-state index is -0.0507. The number of aliphatic hydroxyl groups excluding tert-OH is 1. The van der Waals surface area contributed by atoms with Crippen LogP contribution >= 0.6 is 11.6 Å². The van der Waals surface area contributed by atoms with Crippen LogP contribution in [-0.2, 0) is 0 Å². The van der Waals surface area contributed by atoms with E-state index in [0.29, 0.717) is 10.8 Å². The average molecular weight is 226 g/mol. The number of halogens is 1. The Morgan fingerprint density at radius 1 is 1.67 bits per heavy atom. The van der Waals surface area contributed by atoms with Crippen LogP contribution < -0.4 is 5.32 Å². The highest BCUT2D eigenvalue weighted by atomic mass is 35.5. The normalized spacial score (nSPS) is 11.9. The van der Waals surface area contributed by atoms with Gasteiger partial charge < -0.3 is 10.4 Å². The number of anilines is 1. The van der Waals surface area contributed by atoms with Crippen molar-refractivity contribution in [3.05, 3.63) is 22.8 Å². The molecule has 0 saturated carbocycles. The molecule has 0 aromatic carbocycles. The van der Waals surface area contributed by atoms with Gasteiger partial charge in [0, 0.05) is 0 Å². The van der Waals surface area contributed by atoms with Crippen LogP contribution in [0.25, 0.3) is 0 Å². The Balaban J connectivity index is 2.83. The zero-order valence-electron chi connectivity index (χ0n) is 8.37. The quantitative estimate of drug-likeness (QED) is 0.820. The largest absolute Gasteiger partial charge is 0.394 e. The minimum absolute atomic E-state index is 0.0304. The number of hydrogen-bond donors (Lipinski definition) is 2. The predicted octanol–water partition coefficient (Wildman–Crippen LogP) is 1.79. The van der Waals surface area contributed by atoms with Crippen molar-refractivity contribution in [1.29, 1.82) is 5.26 Å². The number of aromatic nitrogens is 1. The molecule has 0 saturated heterocycles. The van der Waals surface area contributed by atoms with Crippen LogP contribution in [0.3, 0.4) is 0 Å². The van der Waals surface area contributed by atoms with Crippen LogP contribution in [0, 0.1) is 11.3 Å². The van der Waals surface area contributed by atoms with Gasteiger partial charge in [0.1, 0.15) is 11.9 Å². The summed E-state index contributed by atoms with van der Waals surface area (Å²) in [4.78, 5) is 4.01. The molecule has 1 atom stereocenters. The third-order valence-electron chi connectivity index (χ3n) is 2.02. The van der Waals surface area contributed by atoms with E-state index < -0.39 is 0 Å². The average Bonchev–Trinajstić information content (AvgIpc) is 2.28. The minimum Gasteiger partial charge on any atom is -0.394 e. The van der Waals surface area contributed by atoms with Crippen molar-refractivity contribution in [2.45, 2.75) is 19.4 Å². The molecule has 0 amide bonds. The van der Waals surface area contributed by atoms with E-state index in [1.165, 1.54) is 0 Å². The van der Waals surface area contributed by atoms with Crippen LogP contribution in [0.15, 0.2) is 12.1 Å². The van der Waals surface area contributed by atoms with Gasteiger partial charge in [-0.3, -0.25) is 0 Å². The number of nitrogens with zero attached hydrogens (tertiary/aromatic N) is 2. The summed E-state index contributed by atoms with van der Waals surface area (Å²) in [6, 6.07) is 5.14. The standard InChI is InChI=1S/C10H12ClN3O/c1-2-7(6-15)13-10-4-3-8(11)9(5-12)14-10/h3-4,7,15H,2,6H2,1H3,(H,13,14)/t7-/m0/s1. The molecular formula is C10H12ClN3O. The van der Waals surface area contributed by atoms with Crippen LogP contribution in [0.1, 0.15) is 19.0 Å². The fraction of sp³-hybridized carbons (Fsp3) is 0.400.